The first-order valence-corrected chi connectivity index (χ1v) is 9.45. The van der Waals surface area contributed by atoms with Gasteiger partial charge in [-0.3, -0.25) is 4.79 Å². The van der Waals surface area contributed by atoms with E-state index in [1.165, 1.54) is 6.07 Å². The van der Waals surface area contributed by atoms with E-state index in [1.807, 2.05) is 42.2 Å². The van der Waals surface area contributed by atoms with Crippen LogP contribution in [0.3, 0.4) is 0 Å². The lowest BCUT2D eigenvalue weighted by Crippen LogP contribution is -2.45. The van der Waals surface area contributed by atoms with Gasteiger partial charge in [0.15, 0.2) is 0 Å². The van der Waals surface area contributed by atoms with Crippen LogP contribution in [0.4, 0.5) is 19.0 Å². The van der Waals surface area contributed by atoms with Gasteiger partial charge in [-0.1, -0.05) is 37.3 Å². The summed E-state index contributed by atoms with van der Waals surface area (Å²) in [6.45, 7) is 3.34. The first kappa shape index (κ1) is 20.2. The van der Waals surface area contributed by atoms with E-state index in [4.69, 9.17) is 0 Å². The molecule has 4 nitrogen and oxygen atoms in total. The first-order chi connectivity index (χ1) is 13.3. The molecule has 1 aliphatic rings. The third kappa shape index (κ3) is 5.24. The Morgan fingerprint density at radius 2 is 1.86 bits per heavy atom. The predicted molar refractivity (Wildman–Crippen MR) is 102 cm³/mol. The van der Waals surface area contributed by atoms with E-state index in [2.05, 4.69) is 10.3 Å². The first-order valence-electron chi connectivity index (χ1n) is 9.45. The number of amides is 1. The van der Waals surface area contributed by atoms with Crippen molar-refractivity contribution in [3.8, 4) is 0 Å². The van der Waals surface area contributed by atoms with Crippen LogP contribution in [-0.2, 0) is 11.0 Å². The summed E-state index contributed by atoms with van der Waals surface area (Å²) in [5.74, 6) is 0.718. The van der Waals surface area contributed by atoms with Gasteiger partial charge in [-0.2, -0.15) is 13.2 Å². The Kier molecular flexibility index (Phi) is 6.21. The summed E-state index contributed by atoms with van der Waals surface area (Å²) in [6, 6.07) is 12.5. The number of piperidine rings is 1. The molecule has 1 N–H and O–H groups in total. The molecule has 1 aliphatic heterocycles. The number of carbonyl (C=O) groups is 1. The van der Waals surface area contributed by atoms with Crippen molar-refractivity contribution < 1.29 is 18.0 Å². The molecule has 1 amide bonds. The minimum Gasteiger partial charge on any atom is -0.356 e. The summed E-state index contributed by atoms with van der Waals surface area (Å²) < 4.78 is 37.9. The Bertz CT molecular complexity index is 770. The summed E-state index contributed by atoms with van der Waals surface area (Å²) in [5.41, 5.74) is 0.395. The van der Waals surface area contributed by atoms with Crippen LogP contribution in [0, 0.1) is 0 Å². The van der Waals surface area contributed by atoms with Crippen LogP contribution in [0.15, 0.2) is 48.7 Å². The molecular formula is C21H24F3N3O. The highest BCUT2D eigenvalue weighted by atomic mass is 19.4. The molecule has 7 heteroatoms. The molecule has 1 fully saturated rings. The number of carbonyl (C=O) groups excluding carboxylic acids is 1. The quantitative estimate of drug-likeness (QED) is 0.823. The third-order valence-electron chi connectivity index (χ3n) is 5.12. The summed E-state index contributed by atoms with van der Waals surface area (Å²) in [7, 11) is 0. The lowest BCUT2D eigenvalue weighted by molar-refractivity contribution is -0.137. The van der Waals surface area contributed by atoms with Gasteiger partial charge in [-0.15, -0.1) is 0 Å². The van der Waals surface area contributed by atoms with Gasteiger partial charge >= 0.3 is 6.18 Å². The number of anilines is 1. The fourth-order valence-corrected chi connectivity index (χ4v) is 3.46. The maximum absolute atomic E-state index is 12.6. The number of alkyl halides is 3. The highest BCUT2D eigenvalue weighted by molar-refractivity contribution is 5.77. The summed E-state index contributed by atoms with van der Waals surface area (Å²) in [5, 5.41) is 3.09. The molecule has 1 saturated heterocycles. The number of pyridine rings is 1. The molecule has 3 rings (SSSR count). The van der Waals surface area contributed by atoms with Crippen LogP contribution >= 0.6 is 0 Å². The van der Waals surface area contributed by atoms with Gasteiger partial charge in [-0.05, 0) is 36.5 Å². The van der Waals surface area contributed by atoms with Crippen molar-refractivity contribution in [3.63, 3.8) is 0 Å². The van der Waals surface area contributed by atoms with E-state index in [9.17, 15) is 18.0 Å². The molecule has 2 aromatic rings. The second kappa shape index (κ2) is 8.63. The standard InChI is InChI=1S/C21H24F3N3O/c1-15(16-5-3-2-4-6-16)13-20(28)26-18-9-11-27(12-10-18)19-8-7-17(14-25-19)21(22,23)24/h2-8,14-15,18H,9-13H2,1H3,(H,26,28). The topological polar surface area (TPSA) is 45.2 Å². The minimum atomic E-state index is -4.38. The Labute approximate surface area is 162 Å². The number of nitrogens with one attached hydrogen (secondary N) is 1. The molecular weight excluding hydrogens is 367 g/mol. The van der Waals surface area contributed by atoms with Crippen molar-refractivity contribution >= 4 is 11.7 Å². The number of hydrogen-bond donors (Lipinski definition) is 1. The molecule has 150 valence electrons. The van der Waals surface area contributed by atoms with Crippen LogP contribution in [0.1, 0.15) is 43.2 Å². The van der Waals surface area contributed by atoms with E-state index in [0.717, 1.165) is 30.7 Å². The second-order valence-corrected chi connectivity index (χ2v) is 7.25. The average molecular weight is 391 g/mol. The maximum Gasteiger partial charge on any atom is 0.417 e. The molecule has 1 aromatic carbocycles. The maximum atomic E-state index is 12.6. The number of nitrogens with zero attached hydrogens (tertiary/aromatic N) is 2. The van der Waals surface area contributed by atoms with E-state index in [-0.39, 0.29) is 17.9 Å². The van der Waals surface area contributed by atoms with Crippen molar-refractivity contribution in [2.45, 2.75) is 44.3 Å². The van der Waals surface area contributed by atoms with Crippen molar-refractivity contribution in [1.82, 2.24) is 10.3 Å². The normalized spacial score (nSPS) is 16.6. The molecule has 0 aliphatic carbocycles. The molecule has 1 unspecified atom stereocenters. The van der Waals surface area contributed by atoms with Gasteiger partial charge in [-0.25, -0.2) is 4.98 Å². The molecule has 2 heterocycles. The Morgan fingerprint density at radius 1 is 1.18 bits per heavy atom. The lowest BCUT2D eigenvalue weighted by atomic mass is 9.97. The number of benzene rings is 1. The molecule has 0 radical (unpaired) electrons. The lowest BCUT2D eigenvalue weighted by Gasteiger charge is -2.33. The Hall–Kier alpha value is -2.57. The Morgan fingerprint density at radius 3 is 2.43 bits per heavy atom. The van der Waals surface area contributed by atoms with E-state index < -0.39 is 11.7 Å². The van der Waals surface area contributed by atoms with Gasteiger partial charge in [0.2, 0.25) is 5.91 Å². The van der Waals surface area contributed by atoms with Crippen LogP contribution in [0.25, 0.3) is 0 Å². The van der Waals surface area contributed by atoms with Crippen LogP contribution in [-0.4, -0.2) is 30.0 Å². The highest BCUT2D eigenvalue weighted by Crippen LogP contribution is 2.29. The third-order valence-corrected chi connectivity index (χ3v) is 5.12. The highest BCUT2D eigenvalue weighted by Gasteiger charge is 2.31. The fraction of sp³-hybridized carbons (Fsp3) is 0.429. The van der Waals surface area contributed by atoms with Crippen LogP contribution in [0.2, 0.25) is 0 Å². The number of rotatable bonds is 5. The van der Waals surface area contributed by atoms with Crippen molar-refractivity contribution in [3.05, 3.63) is 59.8 Å². The van der Waals surface area contributed by atoms with E-state index >= 15 is 0 Å². The van der Waals surface area contributed by atoms with Gasteiger partial charge in [0, 0.05) is 31.7 Å². The molecule has 1 aromatic heterocycles. The number of hydrogen-bond acceptors (Lipinski definition) is 3. The molecule has 1 atom stereocenters. The fourth-order valence-electron chi connectivity index (χ4n) is 3.46. The zero-order valence-corrected chi connectivity index (χ0v) is 15.7. The predicted octanol–water partition coefficient (Wildman–Crippen LogP) is 4.38. The van der Waals surface area contributed by atoms with Crippen molar-refractivity contribution in [1.29, 1.82) is 0 Å². The number of aromatic nitrogens is 1. The molecule has 28 heavy (non-hydrogen) atoms. The second-order valence-electron chi connectivity index (χ2n) is 7.25. The minimum absolute atomic E-state index is 0.0301. The Balaban J connectivity index is 1.47. The molecule has 0 bridgehead atoms. The summed E-state index contributed by atoms with van der Waals surface area (Å²) in [4.78, 5) is 18.2. The van der Waals surface area contributed by atoms with Crippen molar-refractivity contribution in [2.24, 2.45) is 0 Å². The van der Waals surface area contributed by atoms with Crippen molar-refractivity contribution in [2.75, 3.05) is 18.0 Å². The van der Waals surface area contributed by atoms with Crippen LogP contribution in [0.5, 0.6) is 0 Å². The zero-order chi connectivity index (χ0) is 20.1. The van der Waals surface area contributed by atoms with Gasteiger partial charge in [0.25, 0.3) is 0 Å². The SMILES string of the molecule is CC(CC(=O)NC1CCN(c2ccc(C(F)(F)F)cn2)CC1)c1ccccc1. The largest absolute Gasteiger partial charge is 0.417 e. The monoisotopic (exact) mass is 391 g/mol. The smallest absolute Gasteiger partial charge is 0.356 e. The van der Waals surface area contributed by atoms with E-state index in [0.29, 0.717) is 25.3 Å². The number of halogens is 3. The molecule has 0 saturated carbocycles. The summed E-state index contributed by atoms with van der Waals surface area (Å²) >= 11 is 0. The van der Waals surface area contributed by atoms with Crippen LogP contribution < -0.4 is 10.2 Å². The molecule has 0 spiro atoms. The van der Waals surface area contributed by atoms with Gasteiger partial charge in [0.1, 0.15) is 5.82 Å². The van der Waals surface area contributed by atoms with Gasteiger partial charge in [0.05, 0.1) is 5.56 Å². The average Bonchev–Trinajstić information content (AvgIpc) is 2.68. The van der Waals surface area contributed by atoms with E-state index in [1.54, 1.807) is 0 Å². The zero-order valence-electron chi connectivity index (χ0n) is 15.7. The van der Waals surface area contributed by atoms with Gasteiger partial charge < -0.3 is 10.2 Å². The summed E-state index contributed by atoms with van der Waals surface area (Å²) in [6.07, 6.45) is -1.58.